The molecular weight excluding hydrogens is 228 g/mol. The zero-order valence-electron chi connectivity index (χ0n) is 10.9. The van der Waals surface area contributed by atoms with Gasteiger partial charge in [0.15, 0.2) is 0 Å². The molecule has 0 saturated carbocycles. The van der Waals surface area contributed by atoms with Gasteiger partial charge >= 0.3 is 0 Å². The van der Waals surface area contributed by atoms with Crippen molar-refractivity contribution in [2.75, 3.05) is 25.9 Å². The number of hydrogen-bond acceptors (Lipinski definition) is 4. The van der Waals surface area contributed by atoms with Crippen LogP contribution in [0.2, 0.25) is 0 Å². The number of nitrogens with one attached hydrogen (secondary N) is 1. The maximum atomic E-state index is 12.1. The van der Waals surface area contributed by atoms with E-state index in [9.17, 15) is 4.79 Å². The molecule has 1 amide bonds. The molecule has 1 aliphatic rings. The van der Waals surface area contributed by atoms with Crippen LogP contribution in [0.15, 0.2) is 18.5 Å². The highest BCUT2D eigenvalue weighted by atomic mass is 16.1. The van der Waals surface area contributed by atoms with Gasteiger partial charge in [0.1, 0.15) is 0 Å². The Morgan fingerprint density at radius 1 is 1.61 bits per heavy atom. The van der Waals surface area contributed by atoms with E-state index in [0.717, 1.165) is 19.5 Å². The predicted molar refractivity (Wildman–Crippen MR) is 71.2 cm³/mol. The number of carbonyl (C=O) groups excluding carboxylic acids is 1. The quantitative estimate of drug-likeness (QED) is 0.809. The maximum Gasteiger partial charge on any atom is 0.255 e. The van der Waals surface area contributed by atoms with E-state index in [1.807, 2.05) is 0 Å². The van der Waals surface area contributed by atoms with E-state index in [0.29, 0.717) is 17.2 Å². The summed E-state index contributed by atoms with van der Waals surface area (Å²) in [6.45, 7) is 4.18. The topological polar surface area (TPSA) is 71.2 Å². The Morgan fingerprint density at radius 3 is 3.06 bits per heavy atom. The molecule has 1 aromatic heterocycles. The Balaban J connectivity index is 2.02. The average molecular weight is 248 g/mol. The molecule has 5 heteroatoms. The van der Waals surface area contributed by atoms with Gasteiger partial charge in [-0.2, -0.15) is 0 Å². The van der Waals surface area contributed by atoms with Crippen molar-refractivity contribution in [1.29, 1.82) is 0 Å². The van der Waals surface area contributed by atoms with E-state index < -0.39 is 0 Å². The first-order valence-corrected chi connectivity index (χ1v) is 6.27. The standard InChI is InChI=1S/C13H20N4O/c1-9-8-17(2)6-4-12(9)16-13(18)10-7-15-5-3-11(10)14/h3,5,7,9,12H,4,6,8H2,1-2H3,(H2,14,15)(H,16,18). The summed E-state index contributed by atoms with van der Waals surface area (Å²) < 4.78 is 0. The van der Waals surface area contributed by atoms with Crippen molar-refractivity contribution in [3.05, 3.63) is 24.0 Å². The molecule has 0 aliphatic carbocycles. The third-order valence-electron chi connectivity index (χ3n) is 3.52. The molecule has 3 N–H and O–H groups in total. The van der Waals surface area contributed by atoms with Gasteiger partial charge in [-0.3, -0.25) is 9.78 Å². The molecule has 18 heavy (non-hydrogen) atoms. The number of nitrogens with zero attached hydrogens (tertiary/aromatic N) is 2. The number of piperidine rings is 1. The molecule has 1 aromatic rings. The Hall–Kier alpha value is -1.62. The second kappa shape index (κ2) is 5.35. The smallest absolute Gasteiger partial charge is 0.255 e. The van der Waals surface area contributed by atoms with E-state index in [1.54, 1.807) is 12.3 Å². The van der Waals surface area contributed by atoms with E-state index >= 15 is 0 Å². The van der Waals surface area contributed by atoms with Crippen molar-refractivity contribution in [1.82, 2.24) is 15.2 Å². The van der Waals surface area contributed by atoms with E-state index in [1.165, 1.54) is 6.20 Å². The largest absolute Gasteiger partial charge is 0.398 e. The van der Waals surface area contributed by atoms with Gasteiger partial charge in [0.25, 0.3) is 5.91 Å². The van der Waals surface area contributed by atoms with E-state index in [4.69, 9.17) is 5.73 Å². The van der Waals surface area contributed by atoms with Crippen LogP contribution in [-0.2, 0) is 0 Å². The lowest BCUT2D eigenvalue weighted by molar-refractivity contribution is 0.0884. The van der Waals surface area contributed by atoms with Crippen LogP contribution in [0.5, 0.6) is 0 Å². The fourth-order valence-corrected chi connectivity index (χ4v) is 2.41. The molecule has 0 bridgehead atoms. The Morgan fingerprint density at radius 2 is 2.39 bits per heavy atom. The summed E-state index contributed by atoms with van der Waals surface area (Å²) in [6.07, 6.45) is 4.08. The van der Waals surface area contributed by atoms with Gasteiger partial charge in [-0.25, -0.2) is 0 Å². The molecule has 2 atom stereocenters. The van der Waals surface area contributed by atoms with Crippen LogP contribution in [0.1, 0.15) is 23.7 Å². The highest BCUT2D eigenvalue weighted by molar-refractivity contribution is 5.98. The van der Waals surface area contributed by atoms with E-state index in [-0.39, 0.29) is 11.9 Å². The van der Waals surface area contributed by atoms with Crippen LogP contribution in [0.25, 0.3) is 0 Å². The molecule has 0 aromatic carbocycles. The van der Waals surface area contributed by atoms with Crippen LogP contribution in [0.3, 0.4) is 0 Å². The third kappa shape index (κ3) is 2.79. The summed E-state index contributed by atoms with van der Waals surface area (Å²) in [6, 6.07) is 1.86. The lowest BCUT2D eigenvalue weighted by Crippen LogP contribution is -2.48. The number of likely N-dealkylation sites (tertiary alicyclic amines) is 1. The summed E-state index contributed by atoms with van der Waals surface area (Å²) in [4.78, 5) is 18.3. The number of aromatic nitrogens is 1. The van der Waals surface area contributed by atoms with Crippen LogP contribution >= 0.6 is 0 Å². The number of carbonyl (C=O) groups is 1. The highest BCUT2D eigenvalue weighted by Crippen LogP contribution is 2.17. The molecule has 1 aliphatic heterocycles. The number of pyridine rings is 1. The van der Waals surface area contributed by atoms with Gasteiger partial charge in [0, 0.05) is 30.7 Å². The Labute approximate surface area is 107 Å². The number of amides is 1. The van der Waals surface area contributed by atoms with Gasteiger partial charge < -0.3 is 16.0 Å². The fourth-order valence-electron chi connectivity index (χ4n) is 2.41. The molecule has 0 radical (unpaired) electrons. The number of hydrogen-bond donors (Lipinski definition) is 2. The van der Waals surface area contributed by atoms with Gasteiger partial charge in [0.2, 0.25) is 0 Å². The average Bonchev–Trinajstić information content (AvgIpc) is 2.33. The molecule has 2 unspecified atom stereocenters. The zero-order chi connectivity index (χ0) is 13.1. The SMILES string of the molecule is CC1CN(C)CCC1NC(=O)c1cnccc1N. The van der Waals surface area contributed by atoms with Gasteiger partial charge in [-0.1, -0.05) is 6.92 Å². The van der Waals surface area contributed by atoms with Gasteiger partial charge in [-0.15, -0.1) is 0 Å². The number of nitrogens with two attached hydrogens (primary N) is 1. The van der Waals surface area contributed by atoms with Crippen molar-refractivity contribution in [3.8, 4) is 0 Å². The zero-order valence-corrected chi connectivity index (χ0v) is 10.9. The minimum atomic E-state index is -0.123. The van der Waals surface area contributed by atoms with Crippen LogP contribution in [0.4, 0.5) is 5.69 Å². The van der Waals surface area contributed by atoms with Gasteiger partial charge in [0.05, 0.1) is 5.56 Å². The van der Waals surface area contributed by atoms with Crippen molar-refractivity contribution in [2.45, 2.75) is 19.4 Å². The van der Waals surface area contributed by atoms with Gasteiger partial charge in [-0.05, 0) is 32.0 Å². The van der Waals surface area contributed by atoms with Crippen LogP contribution in [-0.4, -0.2) is 42.0 Å². The maximum absolute atomic E-state index is 12.1. The van der Waals surface area contributed by atoms with Crippen molar-refractivity contribution >= 4 is 11.6 Å². The third-order valence-corrected chi connectivity index (χ3v) is 3.52. The molecular formula is C13H20N4O. The Bertz CT molecular complexity index is 435. The monoisotopic (exact) mass is 248 g/mol. The second-order valence-corrected chi connectivity index (χ2v) is 5.07. The molecule has 0 spiro atoms. The summed E-state index contributed by atoms with van der Waals surface area (Å²) in [7, 11) is 2.10. The summed E-state index contributed by atoms with van der Waals surface area (Å²) in [5.74, 6) is 0.326. The van der Waals surface area contributed by atoms with E-state index in [2.05, 4.69) is 29.2 Å². The molecule has 1 saturated heterocycles. The van der Waals surface area contributed by atoms with Crippen molar-refractivity contribution in [3.63, 3.8) is 0 Å². The van der Waals surface area contributed by atoms with Crippen LogP contribution < -0.4 is 11.1 Å². The first-order chi connectivity index (χ1) is 8.58. The molecule has 2 rings (SSSR count). The van der Waals surface area contributed by atoms with Crippen molar-refractivity contribution < 1.29 is 4.79 Å². The molecule has 5 nitrogen and oxygen atoms in total. The highest BCUT2D eigenvalue weighted by Gasteiger charge is 2.26. The lowest BCUT2D eigenvalue weighted by Gasteiger charge is -2.35. The number of rotatable bonds is 2. The fraction of sp³-hybridized carbons (Fsp3) is 0.538. The summed E-state index contributed by atoms with van der Waals surface area (Å²) in [5, 5.41) is 3.06. The molecule has 1 fully saturated rings. The number of anilines is 1. The lowest BCUT2D eigenvalue weighted by atomic mass is 9.94. The first-order valence-electron chi connectivity index (χ1n) is 6.27. The summed E-state index contributed by atoms with van der Waals surface area (Å²) >= 11 is 0. The molecule has 2 heterocycles. The van der Waals surface area contributed by atoms with Crippen molar-refractivity contribution in [2.24, 2.45) is 5.92 Å². The minimum absolute atomic E-state index is 0.123. The first kappa shape index (κ1) is 12.8. The second-order valence-electron chi connectivity index (χ2n) is 5.07. The molecule has 98 valence electrons. The summed E-state index contributed by atoms with van der Waals surface area (Å²) in [5.41, 5.74) is 6.71. The normalized spacial score (nSPS) is 24.8. The predicted octanol–water partition coefficient (Wildman–Crippen LogP) is 0.734. The van der Waals surface area contributed by atoms with Crippen LogP contribution in [0, 0.1) is 5.92 Å². The Kier molecular flexibility index (Phi) is 3.81. The minimum Gasteiger partial charge on any atom is -0.398 e. The number of nitrogen functional groups attached to an aromatic ring is 1.